The fourth-order valence-corrected chi connectivity index (χ4v) is 5.26. The van der Waals surface area contributed by atoms with Crippen molar-refractivity contribution in [1.29, 1.82) is 0 Å². The summed E-state index contributed by atoms with van der Waals surface area (Å²) in [6.07, 6.45) is 4.56. The number of rotatable bonds is 4. The number of aryl methyl sites for hydroxylation is 1. The molecule has 1 atom stereocenters. The van der Waals surface area contributed by atoms with E-state index in [-0.39, 0.29) is 17.6 Å². The number of likely N-dealkylation sites (tertiary alicyclic amines) is 1. The predicted molar refractivity (Wildman–Crippen MR) is 136 cm³/mol. The highest BCUT2D eigenvalue weighted by Gasteiger charge is 2.29. The second-order valence-electron chi connectivity index (χ2n) is 9.77. The van der Waals surface area contributed by atoms with Crippen LogP contribution in [0.4, 0.5) is 14.9 Å². The number of nitrogens with zero attached hydrogens (tertiary/aromatic N) is 4. The third-order valence-electron chi connectivity index (χ3n) is 5.72. The molecule has 3 heterocycles. The van der Waals surface area contributed by atoms with Gasteiger partial charge in [0, 0.05) is 48.4 Å². The number of thiophene rings is 1. The van der Waals surface area contributed by atoms with Crippen molar-refractivity contribution in [3.8, 4) is 21.6 Å². The molecular weight excluding hydrogens is 481 g/mol. The Bertz CT molecular complexity index is 1330. The molecule has 1 fully saturated rings. The molecular formula is C26H28FN5O3S. The minimum absolute atomic E-state index is 0.0509. The molecule has 4 rings (SSSR count). The van der Waals surface area contributed by atoms with E-state index in [4.69, 9.17) is 11.3 Å². The zero-order chi connectivity index (χ0) is 26.0. The summed E-state index contributed by atoms with van der Waals surface area (Å²) in [6, 6.07) is 6.03. The molecule has 2 amide bonds. The lowest BCUT2D eigenvalue weighted by atomic mass is 10.0. The fourth-order valence-electron chi connectivity index (χ4n) is 4.14. The molecule has 1 aromatic carbocycles. The average molecular weight is 510 g/mol. The highest BCUT2D eigenvalue weighted by atomic mass is 32.1. The zero-order valence-electron chi connectivity index (χ0n) is 20.7. The van der Waals surface area contributed by atoms with E-state index in [2.05, 4.69) is 15.3 Å². The summed E-state index contributed by atoms with van der Waals surface area (Å²) in [5, 5.41) is 7.11. The monoisotopic (exact) mass is 509 g/mol. The van der Waals surface area contributed by atoms with E-state index < -0.39 is 17.5 Å². The average Bonchev–Trinajstić information content (AvgIpc) is 3.44. The normalized spacial score (nSPS) is 15.9. The fraction of sp³-hybridized carbons (Fsp3) is 0.385. The second-order valence-corrected chi connectivity index (χ2v) is 10.8. The van der Waals surface area contributed by atoms with Gasteiger partial charge in [-0.1, -0.05) is 12.1 Å². The number of carbonyl (C=O) groups excluding carboxylic acids is 2. The van der Waals surface area contributed by atoms with Crippen molar-refractivity contribution in [3.63, 3.8) is 0 Å². The number of piperidine rings is 1. The van der Waals surface area contributed by atoms with Gasteiger partial charge in [0.15, 0.2) is 0 Å². The van der Waals surface area contributed by atoms with Crippen molar-refractivity contribution < 1.29 is 18.7 Å². The van der Waals surface area contributed by atoms with Crippen LogP contribution in [0.2, 0.25) is 0 Å². The summed E-state index contributed by atoms with van der Waals surface area (Å²) in [7, 11) is 1.80. The van der Waals surface area contributed by atoms with E-state index in [0.717, 1.165) is 23.3 Å². The number of nitrogens with one attached hydrogen (secondary N) is 1. The molecule has 10 heteroatoms. The van der Waals surface area contributed by atoms with Crippen LogP contribution < -0.4 is 5.32 Å². The van der Waals surface area contributed by atoms with Crippen molar-refractivity contribution in [1.82, 2.24) is 20.0 Å². The van der Waals surface area contributed by atoms with Crippen LogP contribution in [0.3, 0.4) is 0 Å². The maximum atomic E-state index is 14.4. The number of hydrogen-bond donors (Lipinski definition) is 1. The van der Waals surface area contributed by atoms with Gasteiger partial charge < -0.3 is 15.0 Å². The van der Waals surface area contributed by atoms with E-state index in [1.165, 1.54) is 23.5 Å². The number of carbonyl (C=O) groups is 2. The van der Waals surface area contributed by atoms with Gasteiger partial charge in [-0.15, -0.1) is 11.3 Å². The summed E-state index contributed by atoms with van der Waals surface area (Å²) in [5.41, 5.74) is 1.44. The Morgan fingerprint density at radius 2 is 2.06 bits per heavy atom. The summed E-state index contributed by atoms with van der Waals surface area (Å²) >= 11 is 1.32. The standard InChI is InChI=1S/C26H28FN5O3S/c1-26(2,3)35-25(34)30-18-7-6-10-32(15-18)24(33)22-12-19(16-8-9-21(28-4)20(27)11-16)23(36-22)17-13-29-31(5)14-17/h8-9,11-14,18H,6-7,10,15H2,1-3,5H3,(H,30,34)/t18-/m1/s1. The molecule has 0 bridgehead atoms. The smallest absolute Gasteiger partial charge is 0.407 e. The lowest BCUT2D eigenvalue weighted by Crippen LogP contribution is -2.50. The first kappa shape index (κ1) is 25.4. The van der Waals surface area contributed by atoms with Gasteiger partial charge in [0.1, 0.15) is 11.4 Å². The number of hydrogen-bond acceptors (Lipinski definition) is 5. The van der Waals surface area contributed by atoms with Crippen LogP contribution in [0.15, 0.2) is 36.7 Å². The number of amides is 2. The first-order valence-electron chi connectivity index (χ1n) is 11.6. The van der Waals surface area contributed by atoms with Gasteiger partial charge in [0.05, 0.1) is 17.6 Å². The largest absolute Gasteiger partial charge is 0.444 e. The second kappa shape index (κ2) is 10.1. The van der Waals surface area contributed by atoms with E-state index in [9.17, 15) is 14.0 Å². The minimum atomic E-state index is -0.606. The van der Waals surface area contributed by atoms with Crippen LogP contribution in [-0.4, -0.2) is 51.4 Å². The Balaban J connectivity index is 1.61. The molecule has 0 aliphatic carbocycles. The van der Waals surface area contributed by atoms with Gasteiger partial charge >= 0.3 is 6.09 Å². The zero-order valence-corrected chi connectivity index (χ0v) is 21.5. The maximum absolute atomic E-state index is 14.4. The van der Waals surface area contributed by atoms with Gasteiger partial charge in [-0.3, -0.25) is 9.48 Å². The molecule has 3 aromatic rings. The number of aromatic nitrogens is 2. The van der Waals surface area contributed by atoms with E-state index in [1.54, 1.807) is 55.7 Å². The number of halogens is 1. The highest BCUT2D eigenvalue weighted by Crippen LogP contribution is 2.41. The van der Waals surface area contributed by atoms with Crippen molar-refractivity contribution in [2.45, 2.75) is 45.3 Å². The van der Waals surface area contributed by atoms with E-state index in [1.807, 2.05) is 6.20 Å². The van der Waals surface area contributed by atoms with Crippen molar-refractivity contribution in [2.75, 3.05) is 13.1 Å². The molecule has 0 spiro atoms. The summed E-state index contributed by atoms with van der Waals surface area (Å²) < 4.78 is 21.5. The van der Waals surface area contributed by atoms with Crippen molar-refractivity contribution in [2.24, 2.45) is 7.05 Å². The summed E-state index contributed by atoms with van der Waals surface area (Å²) in [4.78, 5) is 32.0. The predicted octanol–water partition coefficient (Wildman–Crippen LogP) is 5.63. The van der Waals surface area contributed by atoms with Crippen LogP contribution in [-0.2, 0) is 11.8 Å². The van der Waals surface area contributed by atoms with Crippen LogP contribution in [0.1, 0.15) is 43.3 Å². The van der Waals surface area contributed by atoms with E-state index in [0.29, 0.717) is 29.1 Å². The number of benzene rings is 1. The quantitative estimate of drug-likeness (QED) is 0.462. The lowest BCUT2D eigenvalue weighted by Gasteiger charge is -2.33. The van der Waals surface area contributed by atoms with Crippen LogP contribution in [0.25, 0.3) is 26.4 Å². The Morgan fingerprint density at radius 1 is 1.28 bits per heavy atom. The number of alkyl carbamates (subject to hydrolysis) is 1. The molecule has 1 aliphatic heterocycles. The Labute approximate surface area is 213 Å². The summed E-state index contributed by atoms with van der Waals surface area (Å²) in [5.74, 6) is -0.754. The molecule has 8 nitrogen and oxygen atoms in total. The SMILES string of the molecule is [C-]#[N+]c1ccc(-c2cc(C(=O)N3CCC[C@@H](NC(=O)OC(C)(C)C)C3)sc2-c2cnn(C)c2)cc1F. The van der Waals surface area contributed by atoms with Gasteiger partial charge in [-0.25, -0.2) is 14.0 Å². The lowest BCUT2D eigenvalue weighted by molar-refractivity contribution is 0.0453. The van der Waals surface area contributed by atoms with Gasteiger partial charge in [0.2, 0.25) is 5.69 Å². The Hall–Kier alpha value is -3.71. The highest BCUT2D eigenvalue weighted by molar-refractivity contribution is 7.18. The first-order valence-corrected chi connectivity index (χ1v) is 12.4. The third kappa shape index (κ3) is 5.74. The first-order chi connectivity index (χ1) is 17.0. The van der Waals surface area contributed by atoms with Gasteiger partial charge in [-0.05, 0) is 51.3 Å². The van der Waals surface area contributed by atoms with Crippen LogP contribution in [0.5, 0.6) is 0 Å². The van der Waals surface area contributed by atoms with Crippen molar-refractivity contribution >= 4 is 29.0 Å². The molecule has 36 heavy (non-hydrogen) atoms. The molecule has 0 unspecified atom stereocenters. The van der Waals surface area contributed by atoms with Gasteiger partial charge in [0.25, 0.3) is 5.91 Å². The minimum Gasteiger partial charge on any atom is -0.444 e. The number of ether oxygens (including phenoxy) is 1. The molecule has 188 valence electrons. The molecule has 0 saturated carbocycles. The molecule has 1 aliphatic rings. The van der Waals surface area contributed by atoms with Crippen LogP contribution in [0, 0.1) is 12.4 Å². The van der Waals surface area contributed by atoms with Gasteiger partial charge in [-0.2, -0.15) is 5.10 Å². The molecule has 2 aromatic heterocycles. The molecule has 1 N–H and O–H groups in total. The Morgan fingerprint density at radius 3 is 2.69 bits per heavy atom. The Kier molecular flexibility index (Phi) is 7.13. The van der Waals surface area contributed by atoms with Crippen molar-refractivity contribution in [3.05, 3.63) is 58.8 Å². The molecule has 1 saturated heterocycles. The maximum Gasteiger partial charge on any atom is 0.407 e. The third-order valence-corrected chi connectivity index (χ3v) is 6.89. The molecule has 0 radical (unpaired) electrons. The topological polar surface area (TPSA) is 80.8 Å². The van der Waals surface area contributed by atoms with Crippen LogP contribution >= 0.6 is 11.3 Å². The van der Waals surface area contributed by atoms with E-state index >= 15 is 0 Å². The summed E-state index contributed by atoms with van der Waals surface area (Å²) in [6.45, 7) is 13.5.